The number of nitrogens with zero attached hydrogens (tertiary/aromatic N) is 2. The molecule has 2 aromatic carbocycles. The van der Waals surface area contributed by atoms with Crippen molar-refractivity contribution in [2.75, 3.05) is 5.75 Å². The molecule has 114 valence electrons. The molecule has 0 aliphatic heterocycles. The maximum absolute atomic E-state index is 11.2. The van der Waals surface area contributed by atoms with Crippen molar-refractivity contribution in [2.45, 2.75) is 11.3 Å². The molecule has 0 atom stereocenters. The summed E-state index contributed by atoms with van der Waals surface area (Å²) in [5.41, 5.74) is 3.15. The Kier molecular flexibility index (Phi) is 4.19. The van der Waals surface area contributed by atoms with Crippen molar-refractivity contribution in [3.8, 4) is 0 Å². The van der Waals surface area contributed by atoms with Gasteiger partial charge in [-0.25, -0.2) is 18.5 Å². The molecule has 0 fully saturated rings. The molecule has 2 N–H and O–H groups in total. The molecule has 0 bridgehead atoms. The largest absolute Gasteiger partial charge is 0.272 e. The lowest BCUT2D eigenvalue weighted by molar-refractivity contribution is 0.598. The predicted octanol–water partition coefficient (Wildman–Crippen LogP) is 2.42. The van der Waals surface area contributed by atoms with Crippen molar-refractivity contribution in [3.63, 3.8) is 0 Å². The summed E-state index contributed by atoms with van der Waals surface area (Å²) in [5.74, 6) is 0.870. The average molecular weight is 333 g/mol. The van der Waals surface area contributed by atoms with Gasteiger partial charge in [0.05, 0.1) is 15.9 Å². The van der Waals surface area contributed by atoms with Gasteiger partial charge in [0.25, 0.3) is 0 Å². The molecule has 1 aromatic heterocycles. The summed E-state index contributed by atoms with van der Waals surface area (Å²) in [6, 6.07) is 14.7. The summed E-state index contributed by atoms with van der Waals surface area (Å²) in [6.45, 7) is 0. The molecular formula is C15H15N3O2S2. The van der Waals surface area contributed by atoms with E-state index in [4.69, 9.17) is 5.14 Å². The van der Waals surface area contributed by atoms with Gasteiger partial charge in [-0.3, -0.25) is 3.97 Å². The molecule has 0 aliphatic carbocycles. The highest BCUT2D eigenvalue weighted by Crippen LogP contribution is 2.19. The second kappa shape index (κ2) is 6.12. The molecule has 3 rings (SSSR count). The highest BCUT2D eigenvalue weighted by atomic mass is 32.2. The van der Waals surface area contributed by atoms with Gasteiger partial charge in [-0.2, -0.15) is 0 Å². The summed E-state index contributed by atoms with van der Waals surface area (Å²) in [6.07, 6.45) is 2.65. The van der Waals surface area contributed by atoms with Crippen LogP contribution in [0.25, 0.3) is 11.0 Å². The fraction of sp³-hybridized carbons (Fsp3) is 0.133. The molecule has 0 amide bonds. The Balaban J connectivity index is 1.63. The first kappa shape index (κ1) is 15.1. The molecule has 5 nitrogen and oxygen atoms in total. The second-order valence-corrected chi connectivity index (χ2v) is 7.45. The zero-order chi connectivity index (χ0) is 15.6. The van der Waals surface area contributed by atoms with E-state index in [1.807, 2.05) is 34.6 Å². The summed E-state index contributed by atoms with van der Waals surface area (Å²) in [5, 5.41) is 5.08. The Morgan fingerprint density at radius 3 is 2.55 bits per heavy atom. The maximum Gasteiger partial charge on any atom is 0.238 e. The zero-order valence-corrected chi connectivity index (χ0v) is 13.3. The smallest absolute Gasteiger partial charge is 0.238 e. The van der Waals surface area contributed by atoms with Gasteiger partial charge in [0.2, 0.25) is 10.0 Å². The first-order valence-electron chi connectivity index (χ1n) is 6.71. The van der Waals surface area contributed by atoms with E-state index in [0.717, 1.165) is 28.8 Å². The number of aromatic nitrogens is 2. The molecular weight excluding hydrogens is 318 g/mol. The van der Waals surface area contributed by atoms with Crippen molar-refractivity contribution in [1.29, 1.82) is 0 Å². The first-order chi connectivity index (χ1) is 10.5. The third-order valence-corrected chi connectivity index (χ3v) is 5.18. The second-order valence-electron chi connectivity index (χ2n) is 4.83. The lowest BCUT2D eigenvalue weighted by Gasteiger charge is -2.04. The molecule has 22 heavy (non-hydrogen) atoms. The number of fused-ring (bicyclic) bond motifs is 1. The van der Waals surface area contributed by atoms with Crippen LogP contribution in [0.4, 0.5) is 0 Å². The van der Waals surface area contributed by atoms with Gasteiger partial charge in [0.15, 0.2) is 0 Å². The number of primary sulfonamides is 1. The van der Waals surface area contributed by atoms with Crippen molar-refractivity contribution >= 4 is 33.0 Å². The van der Waals surface area contributed by atoms with E-state index in [0.29, 0.717) is 0 Å². The van der Waals surface area contributed by atoms with Crippen LogP contribution in [0.5, 0.6) is 0 Å². The number of hydrogen-bond donors (Lipinski definition) is 1. The first-order valence-corrected chi connectivity index (χ1v) is 9.20. The average Bonchev–Trinajstić information content (AvgIpc) is 2.90. The van der Waals surface area contributed by atoms with Gasteiger partial charge in [0, 0.05) is 5.75 Å². The predicted molar refractivity (Wildman–Crippen MR) is 89.1 cm³/mol. The van der Waals surface area contributed by atoms with Gasteiger partial charge < -0.3 is 0 Å². The summed E-state index contributed by atoms with van der Waals surface area (Å²) >= 11 is 1.67. The number of hydrogen-bond acceptors (Lipinski definition) is 4. The number of nitrogens with two attached hydrogens (primary N) is 1. The van der Waals surface area contributed by atoms with Gasteiger partial charge in [0.1, 0.15) is 6.33 Å². The number of rotatable bonds is 5. The maximum atomic E-state index is 11.2. The minimum absolute atomic E-state index is 0.143. The third kappa shape index (κ3) is 3.32. The standard InChI is InChI=1S/C15H15N3O2S2/c16-22(19,20)13-7-5-12(6-8-13)9-10-21-18-11-17-14-3-1-2-4-15(14)18/h1-8,11H,9-10H2,(H2,16,19,20). The van der Waals surface area contributed by atoms with Gasteiger partial charge in [-0.15, -0.1) is 0 Å². The quantitative estimate of drug-likeness (QED) is 0.778. The van der Waals surface area contributed by atoms with Crippen LogP contribution in [0.1, 0.15) is 5.56 Å². The van der Waals surface area contributed by atoms with Gasteiger partial charge >= 0.3 is 0 Å². The molecule has 0 spiro atoms. The molecule has 1 heterocycles. The summed E-state index contributed by atoms with van der Waals surface area (Å²) in [4.78, 5) is 4.49. The van der Waals surface area contributed by atoms with Crippen molar-refractivity contribution in [3.05, 3.63) is 60.4 Å². The highest BCUT2D eigenvalue weighted by molar-refractivity contribution is 7.97. The SMILES string of the molecule is NS(=O)(=O)c1ccc(CCSn2cnc3ccccc32)cc1. The van der Waals surface area contributed by atoms with Gasteiger partial charge in [-0.05, 0) is 48.2 Å². The monoisotopic (exact) mass is 333 g/mol. The van der Waals surface area contributed by atoms with E-state index < -0.39 is 10.0 Å². The molecule has 0 radical (unpaired) electrons. The van der Waals surface area contributed by atoms with Crippen LogP contribution in [0, 0.1) is 0 Å². The van der Waals surface area contributed by atoms with Gasteiger partial charge in [-0.1, -0.05) is 24.3 Å². The number of aryl methyl sites for hydroxylation is 1. The lowest BCUT2D eigenvalue weighted by Crippen LogP contribution is -2.11. The van der Waals surface area contributed by atoms with E-state index in [9.17, 15) is 8.42 Å². The van der Waals surface area contributed by atoms with Crippen LogP contribution in [0.15, 0.2) is 59.8 Å². The number of para-hydroxylation sites is 2. The van der Waals surface area contributed by atoms with E-state index >= 15 is 0 Å². The van der Waals surface area contributed by atoms with Crippen LogP contribution < -0.4 is 5.14 Å². The Morgan fingerprint density at radius 2 is 1.82 bits per heavy atom. The summed E-state index contributed by atoms with van der Waals surface area (Å²) < 4.78 is 24.5. The highest BCUT2D eigenvalue weighted by Gasteiger charge is 2.07. The molecule has 0 saturated heterocycles. The van der Waals surface area contributed by atoms with Crippen LogP contribution in [-0.4, -0.2) is 23.1 Å². The lowest BCUT2D eigenvalue weighted by atomic mass is 10.2. The topological polar surface area (TPSA) is 78.0 Å². The molecule has 7 heteroatoms. The molecule has 0 saturated carbocycles. The fourth-order valence-electron chi connectivity index (χ4n) is 2.15. The normalized spacial score (nSPS) is 11.9. The minimum Gasteiger partial charge on any atom is -0.272 e. The van der Waals surface area contributed by atoms with Crippen LogP contribution >= 0.6 is 11.9 Å². The molecule has 0 unspecified atom stereocenters. The molecule has 0 aliphatic rings. The van der Waals surface area contributed by atoms with E-state index in [2.05, 4.69) is 4.98 Å². The third-order valence-electron chi connectivity index (χ3n) is 3.29. The van der Waals surface area contributed by atoms with Crippen molar-refractivity contribution in [2.24, 2.45) is 5.14 Å². The Morgan fingerprint density at radius 1 is 1.09 bits per heavy atom. The van der Waals surface area contributed by atoms with Crippen LogP contribution in [0.3, 0.4) is 0 Å². The van der Waals surface area contributed by atoms with E-state index in [1.165, 1.54) is 0 Å². The fourth-order valence-corrected chi connectivity index (χ4v) is 3.59. The number of imidazole rings is 1. The summed E-state index contributed by atoms with van der Waals surface area (Å²) in [7, 11) is -3.62. The minimum atomic E-state index is -3.62. The number of benzene rings is 2. The van der Waals surface area contributed by atoms with Crippen molar-refractivity contribution in [1.82, 2.24) is 8.96 Å². The number of sulfonamides is 1. The van der Waals surface area contributed by atoms with Crippen molar-refractivity contribution < 1.29 is 8.42 Å². The molecule has 3 aromatic rings. The Bertz CT molecular complexity index is 887. The zero-order valence-electron chi connectivity index (χ0n) is 11.7. The van der Waals surface area contributed by atoms with E-state index in [1.54, 1.807) is 36.2 Å². The van der Waals surface area contributed by atoms with Crippen LogP contribution in [0.2, 0.25) is 0 Å². The Labute approximate surface area is 133 Å². The van der Waals surface area contributed by atoms with Crippen LogP contribution in [-0.2, 0) is 16.4 Å². The van der Waals surface area contributed by atoms with E-state index in [-0.39, 0.29) is 4.90 Å². The Hall–Kier alpha value is -1.83.